The lowest BCUT2D eigenvalue weighted by atomic mass is 10.1. The Morgan fingerprint density at radius 1 is 1.16 bits per heavy atom. The topological polar surface area (TPSA) is 94.8 Å². The number of benzene rings is 2. The van der Waals surface area contributed by atoms with Gasteiger partial charge in [0.15, 0.2) is 14.6 Å². The number of hydrogen-bond acceptors (Lipinski definition) is 7. The Labute approximate surface area is 188 Å². The highest BCUT2D eigenvalue weighted by Gasteiger charge is 2.15. The summed E-state index contributed by atoms with van der Waals surface area (Å²) in [7, 11) is -3.39. The maximum Gasteiger partial charge on any atom is 0.326 e. The van der Waals surface area contributed by atoms with Gasteiger partial charge in [-0.15, -0.1) is 11.8 Å². The fourth-order valence-corrected chi connectivity index (χ4v) is 5.14. The van der Waals surface area contributed by atoms with Gasteiger partial charge in [-0.05, 0) is 49.1 Å². The minimum atomic E-state index is -3.39. The molecule has 1 heterocycles. The zero-order chi connectivity index (χ0) is 22.6. The van der Waals surface area contributed by atoms with E-state index in [1.165, 1.54) is 12.1 Å². The molecule has 2 aromatic carbocycles. The largest absolute Gasteiger partial charge is 0.465 e. The molecular formula is C21H22N2O5S3. The number of hydrogen-bond donors (Lipinski definition) is 0. The average Bonchev–Trinajstić information content (AvgIpc) is 3.04. The van der Waals surface area contributed by atoms with Crippen LogP contribution in [0.25, 0.3) is 10.2 Å². The Bertz CT molecular complexity index is 1290. The van der Waals surface area contributed by atoms with Crippen LogP contribution in [0.3, 0.4) is 0 Å². The van der Waals surface area contributed by atoms with E-state index in [2.05, 4.69) is 4.99 Å². The third-order valence-electron chi connectivity index (χ3n) is 4.41. The van der Waals surface area contributed by atoms with Gasteiger partial charge in [0.2, 0.25) is 0 Å². The van der Waals surface area contributed by atoms with Crippen LogP contribution in [0.5, 0.6) is 0 Å². The zero-order valence-electron chi connectivity index (χ0n) is 17.3. The van der Waals surface area contributed by atoms with Crippen LogP contribution in [0, 0.1) is 0 Å². The number of rotatable bonds is 7. The second-order valence-electron chi connectivity index (χ2n) is 6.71. The van der Waals surface area contributed by atoms with Gasteiger partial charge in [-0.25, -0.2) is 8.42 Å². The Balaban J connectivity index is 2.02. The van der Waals surface area contributed by atoms with Crippen molar-refractivity contribution in [3.8, 4) is 0 Å². The molecule has 0 spiro atoms. The summed E-state index contributed by atoms with van der Waals surface area (Å²) in [5, 5.41) is 0. The van der Waals surface area contributed by atoms with Crippen LogP contribution in [-0.4, -0.2) is 44.0 Å². The molecule has 0 N–H and O–H groups in total. The molecule has 0 aliphatic rings. The molecule has 3 rings (SSSR count). The average molecular weight is 479 g/mol. The monoisotopic (exact) mass is 478 g/mol. The Hall–Kier alpha value is -2.43. The number of esters is 1. The van der Waals surface area contributed by atoms with Crippen molar-refractivity contribution in [3.63, 3.8) is 0 Å². The summed E-state index contributed by atoms with van der Waals surface area (Å²) in [6, 6.07) is 12.3. The molecule has 3 aromatic rings. The van der Waals surface area contributed by atoms with Gasteiger partial charge < -0.3 is 9.30 Å². The smallest absolute Gasteiger partial charge is 0.326 e. The molecule has 0 saturated heterocycles. The van der Waals surface area contributed by atoms with E-state index >= 15 is 0 Å². The Kier molecular flexibility index (Phi) is 7.34. The number of ether oxygens (including phenoxy) is 1. The normalized spacial score (nSPS) is 12.3. The van der Waals surface area contributed by atoms with Crippen molar-refractivity contribution < 1.29 is 22.7 Å². The first-order valence-corrected chi connectivity index (χ1v) is 13.3. The summed E-state index contributed by atoms with van der Waals surface area (Å²) in [4.78, 5) is 30.5. The minimum absolute atomic E-state index is 0.122. The number of thiazole rings is 1. The molecular weight excluding hydrogens is 456 g/mol. The highest BCUT2D eigenvalue weighted by molar-refractivity contribution is 7.98. The van der Waals surface area contributed by atoms with Gasteiger partial charge in [0.05, 0.1) is 28.1 Å². The third kappa shape index (κ3) is 5.84. The number of carbonyl (C=O) groups is 2. The number of carbonyl (C=O) groups excluding carboxylic acids is 2. The van der Waals surface area contributed by atoms with Gasteiger partial charge in [0, 0.05) is 11.2 Å². The molecule has 7 nitrogen and oxygen atoms in total. The fraction of sp³-hybridized carbons (Fsp3) is 0.286. The molecule has 0 aliphatic carbocycles. The van der Waals surface area contributed by atoms with Crippen molar-refractivity contribution in [1.29, 1.82) is 0 Å². The molecule has 164 valence electrons. The molecule has 0 bridgehead atoms. The van der Waals surface area contributed by atoms with Crippen molar-refractivity contribution in [2.24, 2.45) is 4.99 Å². The van der Waals surface area contributed by atoms with Crippen LogP contribution in [0.4, 0.5) is 0 Å². The molecule has 0 atom stereocenters. The highest BCUT2D eigenvalue weighted by atomic mass is 32.2. The summed E-state index contributed by atoms with van der Waals surface area (Å²) in [5.74, 6) is -0.819. The molecule has 10 heteroatoms. The van der Waals surface area contributed by atoms with E-state index in [-0.39, 0.29) is 30.4 Å². The number of aromatic nitrogens is 1. The summed E-state index contributed by atoms with van der Waals surface area (Å²) in [6.45, 7) is 1.82. The van der Waals surface area contributed by atoms with E-state index in [1.807, 2.05) is 30.5 Å². The van der Waals surface area contributed by atoms with Crippen molar-refractivity contribution in [2.45, 2.75) is 29.7 Å². The second-order valence-corrected chi connectivity index (χ2v) is 10.6. The molecule has 0 radical (unpaired) electrons. The molecule has 31 heavy (non-hydrogen) atoms. The molecule has 0 unspecified atom stereocenters. The van der Waals surface area contributed by atoms with Crippen molar-refractivity contribution in [2.75, 3.05) is 19.1 Å². The Morgan fingerprint density at radius 2 is 1.87 bits per heavy atom. The van der Waals surface area contributed by atoms with Crippen LogP contribution < -0.4 is 4.80 Å². The predicted molar refractivity (Wildman–Crippen MR) is 122 cm³/mol. The van der Waals surface area contributed by atoms with Gasteiger partial charge >= 0.3 is 5.97 Å². The van der Waals surface area contributed by atoms with E-state index in [9.17, 15) is 18.0 Å². The van der Waals surface area contributed by atoms with Crippen LogP contribution in [0.1, 0.15) is 12.5 Å². The van der Waals surface area contributed by atoms with E-state index in [0.717, 1.165) is 28.1 Å². The number of sulfone groups is 1. The summed E-state index contributed by atoms with van der Waals surface area (Å²) in [6.07, 6.45) is 3.23. The first kappa shape index (κ1) is 23.2. The lowest BCUT2D eigenvalue weighted by Gasteiger charge is -2.05. The predicted octanol–water partition coefficient (Wildman–Crippen LogP) is 3.06. The molecule has 1 aromatic heterocycles. The number of amides is 1. The van der Waals surface area contributed by atoms with Gasteiger partial charge in [-0.3, -0.25) is 9.59 Å². The third-order valence-corrected chi connectivity index (χ3v) is 7.30. The molecule has 0 aliphatic heterocycles. The first-order chi connectivity index (χ1) is 14.7. The zero-order valence-corrected chi connectivity index (χ0v) is 19.8. The second kappa shape index (κ2) is 9.80. The summed E-state index contributed by atoms with van der Waals surface area (Å²) >= 11 is 2.78. The lowest BCUT2D eigenvalue weighted by Crippen LogP contribution is -2.23. The standard InChI is InChI=1S/C21H22N2O5S3/c1-4-28-20(25)13-23-17-10-9-16(31(3,26)27)12-18(17)30-21(23)22-19(24)11-14-5-7-15(29-2)8-6-14/h5-10,12H,4,11,13H2,1-3H3. The van der Waals surface area contributed by atoms with Crippen LogP contribution in [-0.2, 0) is 37.1 Å². The summed E-state index contributed by atoms with van der Waals surface area (Å²) in [5.41, 5.74) is 1.45. The molecule has 1 amide bonds. The van der Waals surface area contributed by atoms with Crippen LogP contribution >= 0.6 is 23.1 Å². The van der Waals surface area contributed by atoms with Crippen molar-refractivity contribution in [1.82, 2.24) is 4.57 Å². The first-order valence-electron chi connectivity index (χ1n) is 9.41. The number of fused-ring (bicyclic) bond motifs is 1. The van der Waals surface area contributed by atoms with Crippen LogP contribution in [0.15, 0.2) is 57.2 Å². The lowest BCUT2D eigenvalue weighted by molar-refractivity contribution is -0.143. The number of thioether (sulfide) groups is 1. The maximum absolute atomic E-state index is 12.6. The SMILES string of the molecule is CCOC(=O)Cn1c(=NC(=O)Cc2ccc(SC)cc2)sc2cc(S(C)(=O)=O)ccc21. The van der Waals surface area contributed by atoms with Crippen LogP contribution in [0.2, 0.25) is 0 Å². The minimum Gasteiger partial charge on any atom is -0.465 e. The van der Waals surface area contributed by atoms with E-state index in [4.69, 9.17) is 4.74 Å². The van der Waals surface area contributed by atoms with Crippen molar-refractivity contribution in [3.05, 3.63) is 52.8 Å². The number of nitrogens with zero attached hydrogens (tertiary/aromatic N) is 2. The fourth-order valence-electron chi connectivity index (χ4n) is 2.92. The quantitative estimate of drug-likeness (QED) is 0.383. The van der Waals surface area contributed by atoms with E-state index in [0.29, 0.717) is 15.0 Å². The molecule has 0 fully saturated rings. The maximum atomic E-state index is 12.6. The highest BCUT2D eigenvalue weighted by Crippen LogP contribution is 2.22. The van der Waals surface area contributed by atoms with E-state index in [1.54, 1.807) is 29.3 Å². The summed E-state index contributed by atoms with van der Waals surface area (Å²) < 4.78 is 31.0. The van der Waals surface area contributed by atoms with Gasteiger partial charge in [-0.2, -0.15) is 4.99 Å². The Morgan fingerprint density at radius 3 is 2.48 bits per heavy atom. The van der Waals surface area contributed by atoms with Gasteiger partial charge in [-0.1, -0.05) is 23.5 Å². The molecule has 0 saturated carbocycles. The van der Waals surface area contributed by atoms with Gasteiger partial charge in [0.1, 0.15) is 6.54 Å². The van der Waals surface area contributed by atoms with Gasteiger partial charge in [0.25, 0.3) is 5.91 Å². The van der Waals surface area contributed by atoms with Crippen molar-refractivity contribution >= 4 is 55.0 Å². The van der Waals surface area contributed by atoms with E-state index < -0.39 is 15.8 Å².